The summed E-state index contributed by atoms with van der Waals surface area (Å²) in [5.41, 5.74) is 0. The molecule has 0 saturated carbocycles. The van der Waals surface area contributed by atoms with Crippen molar-refractivity contribution >= 4 is 34.9 Å². The lowest BCUT2D eigenvalue weighted by Crippen LogP contribution is -2.40. The number of hydrogen-bond donors (Lipinski definition) is 2. The predicted octanol–water partition coefficient (Wildman–Crippen LogP) is 1.61. The Balaban J connectivity index is 1.90. The van der Waals surface area contributed by atoms with Crippen LogP contribution in [0.2, 0.25) is 0 Å². The zero-order valence-corrected chi connectivity index (χ0v) is 15.2. The van der Waals surface area contributed by atoms with Crippen molar-refractivity contribution in [3.63, 3.8) is 0 Å². The molecule has 0 amide bonds. The van der Waals surface area contributed by atoms with Gasteiger partial charge < -0.3 is 25.2 Å². The second-order valence-electron chi connectivity index (χ2n) is 6.25. The van der Waals surface area contributed by atoms with Crippen LogP contribution < -0.4 is 20.4 Å². The third-order valence-corrected chi connectivity index (χ3v) is 4.89. The van der Waals surface area contributed by atoms with E-state index in [-0.39, 0.29) is 0 Å². The van der Waals surface area contributed by atoms with Crippen LogP contribution in [0.5, 0.6) is 0 Å². The van der Waals surface area contributed by atoms with E-state index in [9.17, 15) is 0 Å². The maximum Gasteiger partial charge on any atom is 0.232 e. The summed E-state index contributed by atoms with van der Waals surface area (Å²) in [5.74, 6) is 2.45. The zero-order valence-electron chi connectivity index (χ0n) is 14.4. The molecule has 0 aromatic carbocycles. The number of nitrogens with one attached hydrogen (secondary N) is 2. The van der Waals surface area contributed by atoms with Gasteiger partial charge in [-0.3, -0.25) is 0 Å². The summed E-state index contributed by atoms with van der Waals surface area (Å²) in [7, 11) is 1.79. The van der Waals surface area contributed by atoms with Crippen molar-refractivity contribution in [3.8, 4) is 0 Å². The molecule has 0 aliphatic carbocycles. The molecular weight excluding hydrogens is 324 g/mol. The topological polar surface area (TPSA) is 65.6 Å². The Morgan fingerprint density at radius 1 is 1.21 bits per heavy atom. The number of nitrogens with zero attached hydrogens (tertiary/aromatic N) is 4. The standard InChI is InChI=1S/C16H26N6OS/c1-12-5-3-4-6-22(12)14-11-13(21-7-9-23-10-8-21)18-15(19-14)20-16(24)17-2/h11-12H,3-10H2,1-2H3,(H2,17,18,19,20,24)/t12-/m0/s1. The summed E-state index contributed by atoms with van der Waals surface area (Å²) in [6.45, 7) is 6.47. The van der Waals surface area contributed by atoms with Crippen molar-refractivity contribution in [3.05, 3.63) is 6.07 Å². The SMILES string of the molecule is CNC(=S)Nc1nc(N2CCOCC2)cc(N2CCCC[C@@H]2C)n1. The first kappa shape index (κ1) is 17.2. The van der Waals surface area contributed by atoms with Crippen LogP contribution in [-0.4, -0.2) is 61.0 Å². The van der Waals surface area contributed by atoms with Gasteiger partial charge in [-0.25, -0.2) is 0 Å². The maximum atomic E-state index is 5.46. The molecule has 2 N–H and O–H groups in total. The number of aromatic nitrogens is 2. The van der Waals surface area contributed by atoms with Crippen molar-refractivity contribution in [1.29, 1.82) is 0 Å². The van der Waals surface area contributed by atoms with Gasteiger partial charge in [0.1, 0.15) is 11.6 Å². The number of anilines is 3. The predicted molar refractivity (Wildman–Crippen MR) is 101 cm³/mol. The minimum atomic E-state index is 0.496. The van der Waals surface area contributed by atoms with Gasteiger partial charge in [0.25, 0.3) is 0 Å². The number of ether oxygens (including phenoxy) is 1. The Hall–Kier alpha value is -1.67. The second kappa shape index (κ2) is 7.94. The van der Waals surface area contributed by atoms with Crippen LogP contribution in [-0.2, 0) is 4.74 Å². The van der Waals surface area contributed by atoms with E-state index in [0.717, 1.165) is 44.5 Å². The molecule has 2 aliphatic heterocycles. The Labute approximate surface area is 148 Å². The Bertz CT molecular complexity index is 578. The average Bonchev–Trinajstić information content (AvgIpc) is 2.62. The van der Waals surface area contributed by atoms with Gasteiger partial charge in [-0.05, 0) is 38.4 Å². The van der Waals surface area contributed by atoms with E-state index in [1.54, 1.807) is 7.05 Å². The minimum absolute atomic E-state index is 0.496. The van der Waals surface area contributed by atoms with Crippen molar-refractivity contribution < 1.29 is 4.74 Å². The summed E-state index contributed by atoms with van der Waals surface area (Å²) in [6.07, 6.45) is 3.70. The van der Waals surface area contributed by atoms with Gasteiger partial charge in [-0.15, -0.1) is 0 Å². The number of morpholine rings is 1. The van der Waals surface area contributed by atoms with E-state index in [1.807, 2.05) is 0 Å². The Morgan fingerprint density at radius 2 is 1.96 bits per heavy atom. The van der Waals surface area contributed by atoms with E-state index in [0.29, 0.717) is 17.1 Å². The fourth-order valence-electron chi connectivity index (χ4n) is 3.18. The van der Waals surface area contributed by atoms with Crippen molar-refractivity contribution in [2.75, 3.05) is 55.0 Å². The summed E-state index contributed by atoms with van der Waals surface area (Å²) in [5, 5.41) is 6.51. The highest BCUT2D eigenvalue weighted by Gasteiger charge is 2.23. The van der Waals surface area contributed by atoms with Crippen molar-refractivity contribution in [1.82, 2.24) is 15.3 Å². The molecule has 7 nitrogen and oxygen atoms in total. The first-order valence-corrected chi connectivity index (χ1v) is 9.05. The second-order valence-corrected chi connectivity index (χ2v) is 6.66. The number of rotatable bonds is 3. The minimum Gasteiger partial charge on any atom is -0.378 e. The van der Waals surface area contributed by atoms with Gasteiger partial charge in [-0.1, -0.05) is 0 Å². The first-order valence-electron chi connectivity index (χ1n) is 8.64. The van der Waals surface area contributed by atoms with Gasteiger partial charge in [0.2, 0.25) is 5.95 Å². The number of thiocarbonyl (C=S) groups is 1. The van der Waals surface area contributed by atoms with E-state index in [4.69, 9.17) is 21.9 Å². The lowest BCUT2D eigenvalue weighted by atomic mass is 10.0. The molecule has 132 valence electrons. The molecule has 0 unspecified atom stereocenters. The quantitative estimate of drug-likeness (QED) is 0.797. The summed E-state index contributed by atoms with van der Waals surface area (Å²) < 4.78 is 5.46. The van der Waals surface area contributed by atoms with Gasteiger partial charge in [0.15, 0.2) is 5.11 Å². The summed E-state index contributed by atoms with van der Waals surface area (Å²) >= 11 is 5.21. The molecule has 0 spiro atoms. The van der Waals surface area contributed by atoms with E-state index < -0.39 is 0 Å². The fraction of sp³-hybridized carbons (Fsp3) is 0.688. The van der Waals surface area contributed by atoms with Crippen molar-refractivity contribution in [2.45, 2.75) is 32.2 Å². The zero-order chi connectivity index (χ0) is 16.9. The van der Waals surface area contributed by atoms with Gasteiger partial charge in [0.05, 0.1) is 13.2 Å². The Kier molecular flexibility index (Phi) is 5.68. The van der Waals surface area contributed by atoms with Crippen LogP contribution in [0.3, 0.4) is 0 Å². The third-order valence-electron chi connectivity index (χ3n) is 4.58. The van der Waals surface area contributed by atoms with Crippen LogP contribution in [0.1, 0.15) is 26.2 Å². The normalized spacial score (nSPS) is 21.5. The van der Waals surface area contributed by atoms with Gasteiger partial charge >= 0.3 is 0 Å². The molecule has 1 aromatic rings. The highest BCUT2D eigenvalue weighted by atomic mass is 32.1. The molecular formula is C16H26N6OS. The first-order chi connectivity index (χ1) is 11.7. The smallest absolute Gasteiger partial charge is 0.232 e. The molecule has 0 radical (unpaired) electrons. The molecule has 3 rings (SSSR count). The van der Waals surface area contributed by atoms with Crippen molar-refractivity contribution in [2.24, 2.45) is 0 Å². The van der Waals surface area contributed by atoms with E-state index in [1.165, 1.54) is 19.3 Å². The summed E-state index contributed by atoms with van der Waals surface area (Å²) in [6, 6.07) is 2.59. The van der Waals surface area contributed by atoms with Gasteiger partial charge in [-0.2, -0.15) is 9.97 Å². The van der Waals surface area contributed by atoms with E-state index >= 15 is 0 Å². The molecule has 24 heavy (non-hydrogen) atoms. The van der Waals surface area contributed by atoms with Crippen LogP contribution in [0.25, 0.3) is 0 Å². The molecule has 2 aliphatic rings. The fourth-order valence-corrected chi connectivity index (χ4v) is 3.27. The largest absolute Gasteiger partial charge is 0.378 e. The molecule has 1 aromatic heterocycles. The average molecular weight is 350 g/mol. The van der Waals surface area contributed by atoms with Crippen LogP contribution in [0, 0.1) is 0 Å². The van der Waals surface area contributed by atoms with Crippen LogP contribution >= 0.6 is 12.2 Å². The van der Waals surface area contributed by atoms with Crippen LogP contribution in [0.4, 0.5) is 17.6 Å². The third kappa shape index (κ3) is 4.05. The number of hydrogen-bond acceptors (Lipinski definition) is 6. The lowest BCUT2D eigenvalue weighted by molar-refractivity contribution is 0.122. The molecule has 2 fully saturated rings. The monoisotopic (exact) mass is 350 g/mol. The molecule has 1 atom stereocenters. The summed E-state index contributed by atoms with van der Waals surface area (Å²) in [4.78, 5) is 14.0. The highest BCUT2D eigenvalue weighted by Crippen LogP contribution is 2.27. The Morgan fingerprint density at radius 3 is 2.67 bits per heavy atom. The number of piperidine rings is 1. The van der Waals surface area contributed by atoms with E-state index in [2.05, 4.69) is 38.4 Å². The lowest BCUT2D eigenvalue weighted by Gasteiger charge is -2.35. The highest BCUT2D eigenvalue weighted by molar-refractivity contribution is 7.80. The molecule has 0 bridgehead atoms. The maximum absolute atomic E-state index is 5.46. The molecule has 8 heteroatoms. The van der Waals surface area contributed by atoms with Crippen LogP contribution in [0.15, 0.2) is 6.07 Å². The molecule has 2 saturated heterocycles. The molecule has 3 heterocycles. The van der Waals surface area contributed by atoms with Gasteiger partial charge in [0, 0.05) is 38.8 Å².